The molecule has 1 aromatic heterocycles. The van der Waals surface area contributed by atoms with Gasteiger partial charge in [-0.25, -0.2) is 4.79 Å². The fraction of sp³-hybridized carbons (Fsp3) is 0.524. The van der Waals surface area contributed by atoms with Crippen molar-refractivity contribution in [3.63, 3.8) is 0 Å². The first kappa shape index (κ1) is 22.2. The second-order valence-corrected chi connectivity index (χ2v) is 7.18. The molecule has 1 fully saturated rings. The van der Waals surface area contributed by atoms with Crippen molar-refractivity contribution in [3.05, 3.63) is 35.5 Å². The predicted octanol–water partition coefficient (Wildman–Crippen LogP) is 3.98. The highest BCUT2D eigenvalue weighted by Gasteiger charge is 2.21. The number of carboxylic acids is 1. The van der Waals surface area contributed by atoms with E-state index in [4.69, 9.17) is 21.4 Å². The molecule has 7 heteroatoms. The van der Waals surface area contributed by atoms with Crippen LogP contribution in [-0.2, 0) is 16.0 Å². The first-order valence-electron chi connectivity index (χ1n) is 9.83. The molecule has 0 saturated carbocycles. The average Bonchev–Trinajstić information content (AvgIpc) is 3.12. The molecule has 0 radical (unpaired) electrons. The third-order valence-corrected chi connectivity index (χ3v) is 5.07. The Morgan fingerprint density at radius 2 is 2.00 bits per heavy atom. The molecule has 0 atom stereocenters. The number of halogens is 1. The number of aromatic nitrogens is 1. The molecule has 1 aliphatic rings. The number of rotatable bonds is 7. The van der Waals surface area contributed by atoms with Gasteiger partial charge in [0.1, 0.15) is 0 Å². The number of aryl methyl sites for hydroxylation is 1. The molecule has 1 aromatic carbocycles. The van der Waals surface area contributed by atoms with Crippen LogP contribution in [0.3, 0.4) is 0 Å². The molecule has 1 saturated heterocycles. The zero-order valence-corrected chi connectivity index (χ0v) is 17.1. The highest BCUT2D eigenvalue weighted by Crippen LogP contribution is 2.21. The molecule has 3 rings (SSSR count). The molecular formula is C21H29ClN2O4. The van der Waals surface area contributed by atoms with Crippen LogP contribution in [0, 0.1) is 5.92 Å². The fourth-order valence-electron chi connectivity index (χ4n) is 3.25. The van der Waals surface area contributed by atoms with Crippen molar-refractivity contribution in [3.8, 4) is 0 Å². The van der Waals surface area contributed by atoms with Gasteiger partial charge >= 0.3 is 11.9 Å². The number of alkyl halides is 1. The van der Waals surface area contributed by atoms with Crippen LogP contribution in [0.1, 0.15) is 48.5 Å². The van der Waals surface area contributed by atoms with E-state index < -0.39 is 5.97 Å². The van der Waals surface area contributed by atoms with E-state index >= 15 is 0 Å². The van der Waals surface area contributed by atoms with Crippen LogP contribution >= 0.6 is 11.6 Å². The highest BCUT2D eigenvalue weighted by atomic mass is 35.5. The number of carboxylic acid groups (broad SMARTS) is 1. The lowest BCUT2D eigenvalue weighted by Gasteiger charge is -2.20. The third kappa shape index (κ3) is 6.53. The van der Waals surface area contributed by atoms with Crippen molar-refractivity contribution >= 4 is 34.4 Å². The molecule has 0 aliphatic carbocycles. The van der Waals surface area contributed by atoms with Gasteiger partial charge < -0.3 is 20.1 Å². The van der Waals surface area contributed by atoms with Crippen molar-refractivity contribution in [1.82, 2.24) is 10.3 Å². The second-order valence-electron chi connectivity index (χ2n) is 6.80. The summed E-state index contributed by atoms with van der Waals surface area (Å²) < 4.78 is 4.91. The lowest BCUT2D eigenvalue weighted by Crippen LogP contribution is -2.32. The van der Waals surface area contributed by atoms with Gasteiger partial charge in [0.05, 0.1) is 18.1 Å². The Morgan fingerprint density at radius 3 is 2.64 bits per heavy atom. The Balaban J connectivity index is 0.000000221. The number of benzene rings is 1. The largest absolute Gasteiger partial charge is 0.478 e. The van der Waals surface area contributed by atoms with Crippen molar-refractivity contribution in [2.45, 2.75) is 39.0 Å². The molecule has 3 N–H and O–H groups in total. The minimum absolute atomic E-state index is 0.0194. The van der Waals surface area contributed by atoms with Crippen LogP contribution in [0.4, 0.5) is 0 Å². The Labute approximate surface area is 170 Å². The van der Waals surface area contributed by atoms with Crippen LogP contribution in [0.5, 0.6) is 0 Å². The number of aromatic amines is 1. The first-order chi connectivity index (χ1) is 13.6. The van der Waals surface area contributed by atoms with E-state index in [1.807, 2.05) is 19.2 Å². The first-order valence-corrected chi connectivity index (χ1v) is 10.4. The Morgan fingerprint density at radius 1 is 1.25 bits per heavy atom. The number of aromatic carboxylic acids is 1. The fourth-order valence-corrected chi connectivity index (χ4v) is 3.43. The summed E-state index contributed by atoms with van der Waals surface area (Å²) in [5.74, 6) is -0.0899. The molecule has 0 spiro atoms. The molecular weight excluding hydrogens is 380 g/mol. The molecule has 2 heterocycles. The maximum Gasteiger partial charge on any atom is 0.335 e. The summed E-state index contributed by atoms with van der Waals surface area (Å²) in [5.41, 5.74) is 2.47. The maximum atomic E-state index is 11.1. The molecule has 0 unspecified atom stereocenters. The molecule has 0 amide bonds. The predicted molar refractivity (Wildman–Crippen MR) is 111 cm³/mol. The highest BCUT2D eigenvalue weighted by molar-refractivity contribution is 6.17. The Bertz CT molecular complexity index is 769. The van der Waals surface area contributed by atoms with Crippen molar-refractivity contribution in [2.75, 3.05) is 25.6 Å². The number of esters is 1. The van der Waals surface area contributed by atoms with Crippen LogP contribution in [0.25, 0.3) is 10.9 Å². The number of fused-ring (bicyclic) bond motifs is 1. The summed E-state index contributed by atoms with van der Waals surface area (Å²) in [5, 5.41) is 13.2. The number of carbonyl (C=O) groups excluding carboxylic acids is 1. The van der Waals surface area contributed by atoms with Gasteiger partial charge in [-0.1, -0.05) is 0 Å². The van der Waals surface area contributed by atoms with E-state index in [1.54, 1.807) is 12.1 Å². The lowest BCUT2D eigenvalue weighted by molar-refractivity contribution is -0.148. The molecule has 154 valence electrons. The summed E-state index contributed by atoms with van der Waals surface area (Å²) >= 11 is 5.64. The van der Waals surface area contributed by atoms with Crippen molar-refractivity contribution in [1.29, 1.82) is 0 Å². The smallest absolute Gasteiger partial charge is 0.335 e. The lowest BCUT2D eigenvalue weighted by atomic mass is 9.99. The SMILES string of the molecule is CCOC(=O)C1CCNCC1.O=C(O)c1ccc2[nH]cc(CCCCCl)c2c1. The van der Waals surface area contributed by atoms with Crippen LogP contribution in [0.15, 0.2) is 24.4 Å². The quantitative estimate of drug-likeness (QED) is 0.366. The number of hydrogen-bond donors (Lipinski definition) is 3. The van der Waals surface area contributed by atoms with Gasteiger partial charge in [0.15, 0.2) is 0 Å². The number of ether oxygens (including phenoxy) is 1. The minimum atomic E-state index is -0.889. The van der Waals surface area contributed by atoms with Crippen LogP contribution in [0.2, 0.25) is 0 Å². The molecule has 6 nitrogen and oxygen atoms in total. The molecule has 1 aliphatic heterocycles. The summed E-state index contributed by atoms with van der Waals surface area (Å²) in [6.07, 6.45) is 6.73. The normalized spacial score (nSPS) is 14.4. The molecule has 2 aromatic rings. The zero-order chi connectivity index (χ0) is 20.4. The maximum absolute atomic E-state index is 11.1. The summed E-state index contributed by atoms with van der Waals surface area (Å²) in [6, 6.07) is 5.15. The average molecular weight is 409 g/mol. The number of nitrogens with one attached hydrogen (secondary N) is 2. The standard InChI is InChI=1S/C13H14ClNO2.C8H15NO2/c14-6-2-1-3-10-8-15-12-5-4-9(13(16)17)7-11(10)12;1-2-11-8(10)7-3-5-9-6-4-7/h4-5,7-8,15H,1-3,6H2,(H,16,17);7,9H,2-6H2,1H3. The summed E-state index contributed by atoms with van der Waals surface area (Å²) in [4.78, 5) is 25.2. The third-order valence-electron chi connectivity index (χ3n) is 4.80. The Kier molecular flexibility index (Phi) is 9.31. The molecule has 0 bridgehead atoms. The van der Waals surface area contributed by atoms with Crippen molar-refractivity contribution < 1.29 is 19.4 Å². The Hall–Kier alpha value is -2.05. The number of H-pyrrole nitrogens is 1. The van der Waals surface area contributed by atoms with Gasteiger partial charge in [0, 0.05) is 23.0 Å². The second kappa shape index (κ2) is 11.7. The number of hydrogen-bond acceptors (Lipinski definition) is 4. The van der Waals surface area contributed by atoms with Crippen molar-refractivity contribution in [2.24, 2.45) is 5.92 Å². The minimum Gasteiger partial charge on any atom is -0.478 e. The van der Waals surface area contributed by atoms with E-state index in [9.17, 15) is 9.59 Å². The van der Waals surface area contributed by atoms with Gasteiger partial charge in [-0.3, -0.25) is 4.79 Å². The number of unbranched alkanes of at least 4 members (excludes halogenated alkanes) is 1. The van der Waals surface area contributed by atoms with Gasteiger partial charge in [0.25, 0.3) is 0 Å². The monoisotopic (exact) mass is 408 g/mol. The summed E-state index contributed by atoms with van der Waals surface area (Å²) in [6.45, 7) is 4.24. The summed E-state index contributed by atoms with van der Waals surface area (Å²) in [7, 11) is 0. The molecule has 28 heavy (non-hydrogen) atoms. The topological polar surface area (TPSA) is 91.4 Å². The van der Waals surface area contributed by atoms with Crippen LogP contribution in [-0.4, -0.2) is 47.6 Å². The van der Waals surface area contributed by atoms with E-state index in [1.165, 1.54) is 0 Å². The number of carbonyl (C=O) groups is 2. The van der Waals surface area contributed by atoms with Gasteiger partial charge in [0.2, 0.25) is 0 Å². The van der Waals surface area contributed by atoms with E-state index in [2.05, 4.69) is 10.3 Å². The van der Waals surface area contributed by atoms with E-state index in [0.717, 1.165) is 61.7 Å². The van der Waals surface area contributed by atoms with Gasteiger partial charge in [-0.05, 0) is 75.9 Å². The zero-order valence-electron chi connectivity index (χ0n) is 16.3. The van der Waals surface area contributed by atoms with Crippen LogP contribution < -0.4 is 5.32 Å². The number of piperidine rings is 1. The van der Waals surface area contributed by atoms with Gasteiger partial charge in [-0.2, -0.15) is 0 Å². The van der Waals surface area contributed by atoms with E-state index in [-0.39, 0.29) is 11.9 Å². The van der Waals surface area contributed by atoms with Gasteiger partial charge in [-0.15, -0.1) is 11.6 Å². The van der Waals surface area contributed by atoms with E-state index in [0.29, 0.717) is 18.1 Å².